The number of rotatable bonds is 3. The summed E-state index contributed by atoms with van der Waals surface area (Å²) in [6, 6.07) is 22.2. The molecule has 5 nitrogen and oxygen atoms in total. The molecule has 3 aromatic carbocycles. The van der Waals surface area contributed by atoms with Crippen LogP contribution in [0.25, 0.3) is 0 Å². The van der Waals surface area contributed by atoms with E-state index in [4.69, 9.17) is 17.0 Å². The summed E-state index contributed by atoms with van der Waals surface area (Å²) in [5.41, 5.74) is 1.67. The van der Waals surface area contributed by atoms with Crippen LogP contribution in [0.2, 0.25) is 5.02 Å². The van der Waals surface area contributed by atoms with Gasteiger partial charge < -0.3 is 5.11 Å². The molecule has 7 heteroatoms. The SMILES string of the molecule is N=C1C(c2ccccc2Cl)N(c2ccccc2O)S(=O)N1c1ccccc1. The molecule has 1 fully saturated rings. The first-order valence-corrected chi connectivity index (χ1v) is 9.71. The summed E-state index contributed by atoms with van der Waals surface area (Å²) in [4.78, 5) is 0. The summed E-state index contributed by atoms with van der Waals surface area (Å²) in [6.45, 7) is 0. The molecule has 2 N–H and O–H groups in total. The van der Waals surface area contributed by atoms with Crippen LogP contribution in [0.3, 0.4) is 0 Å². The summed E-state index contributed by atoms with van der Waals surface area (Å²) < 4.78 is 16.4. The van der Waals surface area contributed by atoms with Gasteiger partial charge in [0.05, 0.1) is 11.4 Å². The third kappa shape index (κ3) is 2.97. The molecule has 0 aromatic heterocycles. The Balaban J connectivity index is 1.91. The zero-order valence-electron chi connectivity index (χ0n) is 14.1. The van der Waals surface area contributed by atoms with E-state index in [1.807, 2.05) is 24.3 Å². The Kier molecular flexibility index (Phi) is 4.59. The lowest BCUT2D eigenvalue weighted by molar-refractivity contribution is 0.475. The molecule has 1 heterocycles. The van der Waals surface area contributed by atoms with Crippen LogP contribution in [0.4, 0.5) is 11.4 Å². The average molecular weight is 398 g/mol. The average Bonchev–Trinajstić information content (AvgIpc) is 2.93. The largest absolute Gasteiger partial charge is 0.506 e. The molecular formula is C20H16ClN3O2S. The van der Waals surface area contributed by atoms with Crippen molar-refractivity contribution in [2.24, 2.45) is 0 Å². The van der Waals surface area contributed by atoms with Crippen LogP contribution in [-0.4, -0.2) is 15.2 Å². The number of phenolic OH excluding ortho intramolecular Hbond substituents is 1. The second-order valence-corrected chi connectivity index (χ2v) is 7.61. The van der Waals surface area contributed by atoms with Crippen molar-refractivity contribution in [1.82, 2.24) is 0 Å². The second kappa shape index (κ2) is 7.06. The first-order valence-electron chi connectivity index (χ1n) is 8.27. The van der Waals surface area contributed by atoms with E-state index in [2.05, 4.69) is 0 Å². The van der Waals surface area contributed by atoms with E-state index in [-0.39, 0.29) is 11.6 Å². The van der Waals surface area contributed by atoms with Crippen molar-refractivity contribution in [3.8, 4) is 5.75 Å². The van der Waals surface area contributed by atoms with Gasteiger partial charge in [-0.3, -0.25) is 9.71 Å². The molecule has 0 spiro atoms. The van der Waals surface area contributed by atoms with E-state index in [0.717, 1.165) is 0 Å². The molecule has 1 aliphatic heterocycles. The minimum atomic E-state index is -1.76. The fourth-order valence-corrected chi connectivity index (χ4v) is 4.82. The maximum atomic E-state index is 13.4. The van der Waals surface area contributed by atoms with Crippen molar-refractivity contribution in [2.45, 2.75) is 6.04 Å². The molecule has 0 amide bonds. The summed E-state index contributed by atoms with van der Waals surface area (Å²) in [5, 5.41) is 19.6. The predicted octanol–water partition coefficient (Wildman–Crippen LogP) is 4.67. The van der Waals surface area contributed by atoms with Crippen LogP contribution in [0.5, 0.6) is 5.75 Å². The zero-order chi connectivity index (χ0) is 19.0. The van der Waals surface area contributed by atoms with Gasteiger partial charge in [-0.05, 0) is 30.3 Å². The Morgan fingerprint density at radius 3 is 2.26 bits per heavy atom. The number of hydrogen-bond donors (Lipinski definition) is 2. The van der Waals surface area contributed by atoms with Crippen molar-refractivity contribution in [2.75, 3.05) is 8.61 Å². The summed E-state index contributed by atoms with van der Waals surface area (Å²) >= 11 is 4.64. The summed E-state index contributed by atoms with van der Waals surface area (Å²) in [5.74, 6) is 0.113. The molecule has 0 bridgehead atoms. The highest BCUT2D eigenvalue weighted by Crippen LogP contribution is 2.44. The molecule has 27 heavy (non-hydrogen) atoms. The molecule has 3 aromatic rings. The predicted molar refractivity (Wildman–Crippen MR) is 110 cm³/mol. The molecule has 136 valence electrons. The van der Waals surface area contributed by atoms with Gasteiger partial charge in [0.1, 0.15) is 17.6 Å². The molecule has 0 saturated carbocycles. The second-order valence-electron chi connectivity index (χ2n) is 5.98. The van der Waals surface area contributed by atoms with E-state index < -0.39 is 17.2 Å². The van der Waals surface area contributed by atoms with Gasteiger partial charge in [0.25, 0.3) is 0 Å². The van der Waals surface area contributed by atoms with E-state index in [9.17, 15) is 9.32 Å². The third-order valence-corrected chi connectivity index (χ3v) is 6.15. The van der Waals surface area contributed by atoms with Crippen molar-refractivity contribution < 1.29 is 9.32 Å². The van der Waals surface area contributed by atoms with Crippen LogP contribution < -0.4 is 8.61 Å². The monoisotopic (exact) mass is 397 g/mol. The van der Waals surface area contributed by atoms with E-state index in [1.54, 1.807) is 48.5 Å². The van der Waals surface area contributed by atoms with Crippen molar-refractivity contribution in [3.05, 3.63) is 89.4 Å². The van der Waals surface area contributed by atoms with Crippen LogP contribution in [-0.2, 0) is 11.2 Å². The summed E-state index contributed by atoms with van der Waals surface area (Å²) in [7, 11) is 0. The molecule has 4 rings (SSSR count). The first kappa shape index (κ1) is 17.6. The van der Waals surface area contributed by atoms with Gasteiger partial charge in [-0.2, -0.15) is 0 Å². The lowest BCUT2D eigenvalue weighted by Gasteiger charge is -2.24. The number of phenols is 1. The van der Waals surface area contributed by atoms with Crippen molar-refractivity contribution >= 4 is 40.0 Å². The van der Waals surface area contributed by atoms with Crippen LogP contribution >= 0.6 is 11.6 Å². The van der Waals surface area contributed by atoms with E-state index >= 15 is 0 Å². The van der Waals surface area contributed by atoms with Gasteiger partial charge in [-0.25, -0.2) is 8.51 Å². The van der Waals surface area contributed by atoms with Crippen molar-refractivity contribution in [1.29, 1.82) is 5.41 Å². The fraction of sp³-hybridized carbons (Fsp3) is 0.0500. The molecule has 1 aliphatic rings. The normalized spacial score (nSPS) is 19.5. The number of hydrogen-bond acceptors (Lipinski definition) is 3. The molecule has 1 saturated heterocycles. The number of halogens is 1. The number of para-hydroxylation sites is 3. The van der Waals surface area contributed by atoms with E-state index in [1.165, 1.54) is 14.7 Å². The number of nitrogens with one attached hydrogen (secondary N) is 1. The minimum Gasteiger partial charge on any atom is -0.506 e. The lowest BCUT2D eigenvalue weighted by Crippen LogP contribution is -2.27. The number of nitrogens with zero attached hydrogens (tertiary/aromatic N) is 2. The third-order valence-electron chi connectivity index (χ3n) is 4.35. The van der Waals surface area contributed by atoms with Crippen molar-refractivity contribution in [3.63, 3.8) is 0 Å². The quantitative estimate of drug-likeness (QED) is 0.674. The maximum Gasteiger partial charge on any atom is 0.232 e. The molecule has 2 atom stereocenters. The fourth-order valence-electron chi connectivity index (χ4n) is 3.12. The van der Waals surface area contributed by atoms with E-state index in [0.29, 0.717) is 22.0 Å². The Labute approximate surface area is 164 Å². The summed E-state index contributed by atoms with van der Waals surface area (Å²) in [6.07, 6.45) is 0. The highest BCUT2D eigenvalue weighted by atomic mass is 35.5. The Morgan fingerprint density at radius 2 is 1.56 bits per heavy atom. The standard InChI is InChI=1S/C20H16ClN3O2S/c21-16-11-5-4-10-15(16)19-20(22)23(14-8-2-1-3-9-14)27(26)24(19)17-12-6-7-13-18(17)25/h1-13,19,22,25H. The topological polar surface area (TPSA) is 67.6 Å². The van der Waals surface area contributed by atoms with Crippen LogP contribution in [0, 0.1) is 5.41 Å². The zero-order valence-corrected chi connectivity index (χ0v) is 15.7. The Morgan fingerprint density at radius 1 is 0.926 bits per heavy atom. The highest BCUT2D eigenvalue weighted by molar-refractivity contribution is 7.89. The number of amidine groups is 1. The molecule has 2 unspecified atom stereocenters. The first-order chi connectivity index (χ1) is 13.1. The Bertz CT molecular complexity index is 965. The van der Waals surface area contributed by atoms with Gasteiger partial charge >= 0.3 is 0 Å². The molecule has 0 radical (unpaired) electrons. The lowest BCUT2D eigenvalue weighted by atomic mass is 10.0. The number of benzene rings is 3. The van der Waals surface area contributed by atoms with Crippen LogP contribution in [0.1, 0.15) is 11.6 Å². The van der Waals surface area contributed by atoms with Gasteiger partial charge in [0.15, 0.2) is 0 Å². The van der Waals surface area contributed by atoms with Gasteiger partial charge in [-0.15, -0.1) is 0 Å². The van der Waals surface area contributed by atoms with Crippen LogP contribution in [0.15, 0.2) is 78.9 Å². The Hall–Kier alpha value is -2.83. The highest BCUT2D eigenvalue weighted by Gasteiger charge is 2.45. The smallest absolute Gasteiger partial charge is 0.232 e. The molecule has 0 aliphatic carbocycles. The number of anilines is 2. The van der Waals surface area contributed by atoms with Gasteiger partial charge in [-0.1, -0.05) is 60.1 Å². The number of aromatic hydroxyl groups is 1. The van der Waals surface area contributed by atoms with Gasteiger partial charge in [0, 0.05) is 10.6 Å². The van der Waals surface area contributed by atoms with Gasteiger partial charge in [0.2, 0.25) is 11.2 Å². The maximum absolute atomic E-state index is 13.4. The minimum absolute atomic E-state index is 0.00869. The molecular weight excluding hydrogens is 382 g/mol.